The number of nitrogens with zero attached hydrogens (tertiary/aromatic N) is 1. The van der Waals surface area contributed by atoms with Gasteiger partial charge in [-0.2, -0.15) is 0 Å². The Kier molecular flexibility index (Phi) is 3.86. The highest BCUT2D eigenvalue weighted by Crippen LogP contribution is 2.22. The third-order valence-corrected chi connectivity index (χ3v) is 4.50. The van der Waals surface area contributed by atoms with Gasteiger partial charge in [-0.3, -0.25) is 9.00 Å². The van der Waals surface area contributed by atoms with Crippen molar-refractivity contribution < 1.29 is 13.7 Å². The van der Waals surface area contributed by atoms with Crippen molar-refractivity contribution in [3.63, 3.8) is 0 Å². The molecule has 6 heteroatoms. The van der Waals surface area contributed by atoms with Crippen LogP contribution in [0.3, 0.4) is 0 Å². The van der Waals surface area contributed by atoms with E-state index in [1.165, 1.54) is 18.4 Å². The monoisotopic (exact) mass is 269 g/mol. The number of carbonyl (C=O) groups is 1. The van der Waals surface area contributed by atoms with Crippen LogP contribution < -0.4 is 0 Å². The molecule has 0 saturated carbocycles. The molecule has 17 heavy (non-hydrogen) atoms. The quantitative estimate of drug-likeness (QED) is 0.793. The van der Waals surface area contributed by atoms with Gasteiger partial charge < -0.3 is 4.74 Å². The fraction of sp³-hybridized carbons (Fsp3) is 0.273. The van der Waals surface area contributed by atoms with Gasteiger partial charge in [0.15, 0.2) is 0 Å². The number of fused-ring (bicyclic) bond motifs is 1. The third-order valence-electron chi connectivity index (χ3n) is 2.13. The minimum atomic E-state index is -1.25. The number of para-hydroxylation sites is 1. The van der Waals surface area contributed by atoms with Crippen molar-refractivity contribution in [2.24, 2.45) is 0 Å². The zero-order valence-corrected chi connectivity index (χ0v) is 10.8. The molecule has 1 aromatic heterocycles. The standard InChI is InChI=1S/C11H11NO3S2/c1-15-11(13)7-17(14)6-10-12-8-4-2-3-5-9(8)16-10/h2-5H,6-7H2,1H3. The summed E-state index contributed by atoms with van der Waals surface area (Å²) in [6.45, 7) is 0. The van der Waals surface area contributed by atoms with Crippen molar-refractivity contribution in [1.82, 2.24) is 4.98 Å². The predicted octanol–water partition coefficient (Wildman–Crippen LogP) is 1.72. The van der Waals surface area contributed by atoms with Crippen LogP contribution in [0.4, 0.5) is 0 Å². The Morgan fingerprint density at radius 2 is 2.24 bits per heavy atom. The number of thiazole rings is 1. The first-order valence-electron chi connectivity index (χ1n) is 4.95. The van der Waals surface area contributed by atoms with Gasteiger partial charge in [0.25, 0.3) is 0 Å². The van der Waals surface area contributed by atoms with E-state index in [1.54, 1.807) is 0 Å². The van der Waals surface area contributed by atoms with E-state index in [1.807, 2.05) is 24.3 Å². The Morgan fingerprint density at radius 3 is 2.94 bits per heavy atom. The Morgan fingerprint density at radius 1 is 1.47 bits per heavy atom. The Hall–Kier alpha value is -1.27. The molecule has 0 aliphatic carbocycles. The Balaban J connectivity index is 2.08. The lowest BCUT2D eigenvalue weighted by atomic mass is 10.3. The van der Waals surface area contributed by atoms with E-state index in [4.69, 9.17) is 0 Å². The second kappa shape index (κ2) is 5.37. The van der Waals surface area contributed by atoms with Gasteiger partial charge in [-0.25, -0.2) is 4.98 Å². The zero-order chi connectivity index (χ0) is 12.3. The van der Waals surface area contributed by atoms with Gasteiger partial charge in [-0.05, 0) is 12.1 Å². The number of benzene rings is 1. The lowest BCUT2D eigenvalue weighted by Gasteiger charge is -1.97. The van der Waals surface area contributed by atoms with Crippen molar-refractivity contribution in [3.8, 4) is 0 Å². The van der Waals surface area contributed by atoms with Crippen LogP contribution in [0, 0.1) is 0 Å². The van der Waals surface area contributed by atoms with Crippen LogP contribution in [0.2, 0.25) is 0 Å². The highest BCUT2D eigenvalue weighted by atomic mass is 32.2. The van der Waals surface area contributed by atoms with Gasteiger partial charge in [-0.1, -0.05) is 12.1 Å². The van der Waals surface area contributed by atoms with Gasteiger partial charge in [0.05, 0.1) is 23.1 Å². The molecule has 90 valence electrons. The Labute approximate surface area is 105 Å². The molecule has 0 N–H and O–H groups in total. The number of methoxy groups -OCH3 is 1. The van der Waals surface area contributed by atoms with Crippen molar-refractivity contribution >= 4 is 38.3 Å². The number of esters is 1. The third kappa shape index (κ3) is 3.10. The van der Waals surface area contributed by atoms with Crippen LogP contribution in [0.1, 0.15) is 5.01 Å². The Bertz CT molecular complexity index is 532. The van der Waals surface area contributed by atoms with Crippen LogP contribution in [-0.4, -0.2) is 28.0 Å². The molecule has 4 nitrogen and oxygen atoms in total. The smallest absolute Gasteiger partial charge is 0.318 e. The number of aromatic nitrogens is 1. The maximum atomic E-state index is 11.6. The summed E-state index contributed by atoms with van der Waals surface area (Å²) in [7, 11) is 0.0346. The zero-order valence-electron chi connectivity index (χ0n) is 9.21. The molecule has 0 spiro atoms. The minimum absolute atomic E-state index is 0.0770. The fourth-order valence-corrected chi connectivity index (χ4v) is 3.58. The van der Waals surface area contributed by atoms with E-state index in [-0.39, 0.29) is 5.75 Å². The topological polar surface area (TPSA) is 56.3 Å². The lowest BCUT2D eigenvalue weighted by Crippen LogP contribution is -2.13. The summed E-state index contributed by atoms with van der Waals surface area (Å²) < 4.78 is 17.2. The van der Waals surface area contributed by atoms with Crippen LogP contribution >= 0.6 is 11.3 Å². The summed E-state index contributed by atoms with van der Waals surface area (Å²) in [5.74, 6) is -0.231. The minimum Gasteiger partial charge on any atom is -0.468 e. The van der Waals surface area contributed by atoms with Crippen molar-refractivity contribution in [2.45, 2.75) is 5.75 Å². The molecule has 2 aromatic rings. The van der Waals surface area contributed by atoms with Crippen molar-refractivity contribution in [2.75, 3.05) is 12.9 Å². The van der Waals surface area contributed by atoms with Crippen LogP contribution in [0.15, 0.2) is 24.3 Å². The molecule has 0 amide bonds. The van der Waals surface area contributed by atoms with E-state index in [2.05, 4.69) is 9.72 Å². The van der Waals surface area contributed by atoms with Gasteiger partial charge in [0, 0.05) is 10.8 Å². The first-order chi connectivity index (χ1) is 8.19. The van der Waals surface area contributed by atoms with Gasteiger partial charge in [-0.15, -0.1) is 11.3 Å². The van der Waals surface area contributed by atoms with Crippen molar-refractivity contribution in [1.29, 1.82) is 0 Å². The molecule has 0 fully saturated rings. The number of carbonyl (C=O) groups excluding carboxylic acids is 1. The first kappa shape index (κ1) is 12.2. The highest BCUT2D eigenvalue weighted by Gasteiger charge is 2.11. The molecule has 0 bridgehead atoms. The summed E-state index contributed by atoms with van der Waals surface area (Å²) in [5, 5.41) is 0.786. The maximum absolute atomic E-state index is 11.6. The molecule has 1 heterocycles. The average Bonchev–Trinajstić information content (AvgIpc) is 2.70. The lowest BCUT2D eigenvalue weighted by molar-refractivity contribution is -0.137. The van der Waals surface area contributed by atoms with Gasteiger partial charge in [0.1, 0.15) is 10.8 Å². The molecule has 0 radical (unpaired) electrons. The molecule has 0 saturated heterocycles. The number of ether oxygens (including phenoxy) is 1. The number of hydrogen-bond donors (Lipinski definition) is 0. The predicted molar refractivity (Wildman–Crippen MR) is 68.3 cm³/mol. The van der Waals surface area contributed by atoms with E-state index in [0.29, 0.717) is 5.75 Å². The van der Waals surface area contributed by atoms with E-state index >= 15 is 0 Å². The second-order valence-electron chi connectivity index (χ2n) is 3.38. The number of rotatable bonds is 4. The van der Waals surface area contributed by atoms with Crippen LogP contribution in [0.25, 0.3) is 10.2 Å². The van der Waals surface area contributed by atoms with Gasteiger partial charge >= 0.3 is 5.97 Å². The maximum Gasteiger partial charge on any atom is 0.318 e. The largest absolute Gasteiger partial charge is 0.468 e. The number of hydrogen-bond acceptors (Lipinski definition) is 5. The SMILES string of the molecule is COC(=O)CS(=O)Cc1nc2ccccc2s1. The van der Waals surface area contributed by atoms with Crippen molar-refractivity contribution in [3.05, 3.63) is 29.3 Å². The molecule has 1 unspecified atom stereocenters. The van der Waals surface area contributed by atoms with Crippen LogP contribution in [0.5, 0.6) is 0 Å². The summed E-state index contributed by atoms with van der Waals surface area (Å²) in [5.41, 5.74) is 0.905. The fourth-order valence-electron chi connectivity index (χ4n) is 1.36. The average molecular weight is 269 g/mol. The molecular formula is C11H11NO3S2. The summed E-state index contributed by atoms with van der Waals surface area (Å²) in [6.07, 6.45) is 0. The molecule has 2 rings (SSSR count). The first-order valence-corrected chi connectivity index (χ1v) is 7.25. The van der Waals surface area contributed by atoms with Crippen LogP contribution in [-0.2, 0) is 26.1 Å². The van der Waals surface area contributed by atoms with E-state index in [9.17, 15) is 9.00 Å². The molecule has 0 aliphatic rings. The molecule has 1 atom stereocenters. The highest BCUT2D eigenvalue weighted by molar-refractivity contribution is 7.85. The summed E-state index contributed by atoms with van der Waals surface area (Å²) in [6, 6.07) is 7.74. The molecular weight excluding hydrogens is 258 g/mol. The summed E-state index contributed by atoms with van der Waals surface area (Å²) >= 11 is 1.50. The normalized spacial score (nSPS) is 12.5. The van der Waals surface area contributed by atoms with E-state index in [0.717, 1.165) is 15.2 Å². The summed E-state index contributed by atoms with van der Waals surface area (Å²) in [4.78, 5) is 15.3. The van der Waals surface area contributed by atoms with E-state index < -0.39 is 16.8 Å². The second-order valence-corrected chi connectivity index (χ2v) is 5.95. The molecule has 1 aromatic carbocycles. The van der Waals surface area contributed by atoms with Gasteiger partial charge in [0.2, 0.25) is 0 Å². The molecule has 0 aliphatic heterocycles.